The summed E-state index contributed by atoms with van der Waals surface area (Å²) in [6.45, 7) is 2.85. The highest BCUT2D eigenvalue weighted by Crippen LogP contribution is 2.23. The first-order valence-electron chi connectivity index (χ1n) is 6.09. The molecule has 0 aliphatic carbocycles. The van der Waals surface area contributed by atoms with Crippen LogP contribution in [0.1, 0.15) is 36.7 Å². The Morgan fingerprint density at radius 1 is 1.50 bits per heavy atom. The highest BCUT2D eigenvalue weighted by atomic mass is 32.1. The summed E-state index contributed by atoms with van der Waals surface area (Å²) in [6, 6.07) is 3.64. The predicted molar refractivity (Wildman–Crippen MR) is 71.7 cm³/mol. The lowest BCUT2D eigenvalue weighted by atomic mass is 10.2. The quantitative estimate of drug-likeness (QED) is 0.814. The van der Waals surface area contributed by atoms with Gasteiger partial charge >= 0.3 is 0 Å². The van der Waals surface area contributed by atoms with E-state index in [1.54, 1.807) is 17.7 Å². The molecule has 4 nitrogen and oxygen atoms in total. The highest BCUT2D eigenvalue weighted by Gasteiger charge is 2.12. The molecule has 0 saturated heterocycles. The van der Waals surface area contributed by atoms with Crippen molar-refractivity contribution in [3.8, 4) is 10.8 Å². The van der Waals surface area contributed by atoms with Gasteiger partial charge in [-0.2, -0.15) is 0 Å². The van der Waals surface area contributed by atoms with Crippen molar-refractivity contribution in [3.63, 3.8) is 0 Å². The van der Waals surface area contributed by atoms with Crippen molar-refractivity contribution in [2.45, 2.75) is 26.2 Å². The minimum absolute atomic E-state index is 0.111. The molecule has 0 aromatic carbocycles. The first-order valence-corrected chi connectivity index (χ1v) is 6.97. The van der Waals surface area contributed by atoms with Crippen LogP contribution in [0.3, 0.4) is 0 Å². The van der Waals surface area contributed by atoms with E-state index >= 15 is 0 Å². The number of unbranched alkanes of at least 4 members (excludes halogenated alkanes) is 2. The summed E-state index contributed by atoms with van der Waals surface area (Å²) in [4.78, 5) is 16.1. The molecule has 96 valence electrons. The van der Waals surface area contributed by atoms with Crippen LogP contribution >= 0.6 is 11.3 Å². The average molecular weight is 264 g/mol. The van der Waals surface area contributed by atoms with Gasteiger partial charge in [-0.15, -0.1) is 11.3 Å². The Morgan fingerprint density at radius 3 is 3.11 bits per heavy atom. The number of amides is 1. The van der Waals surface area contributed by atoms with Gasteiger partial charge in [0.15, 0.2) is 10.8 Å². The third-order valence-electron chi connectivity index (χ3n) is 2.53. The van der Waals surface area contributed by atoms with Gasteiger partial charge in [-0.25, -0.2) is 4.98 Å². The number of nitrogens with zero attached hydrogens (tertiary/aromatic N) is 1. The number of nitrogens with one attached hydrogen (secondary N) is 1. The number of furan rings is 1. The van der Waals surface area contributed by atoms with Gasteiger partial charge in [0.2, 0.25) is 0 Å². The number of aromatic nitrogens is 1. The Hall–Kier alpha value is -1.62. The van der Waals surface area contributed by atoms with Gasteiger partial charge in [0.25, 0.3) is 5.91 Å². The van der Waals surface area contributed by atoms with E-state index in [0.717, 1.165) is 24.3 Å². The molecule has 2 aromatic rings. The molecule has 1 N–H and O–H groups in total. The van der Waals surface area contributed by atoms with Crippen LogP contribution < -0.4 is 5.32 Å². The summed E-state index contributed by atoms with van der Waals surface area (Å²) >= 11 is 1.41. The van der Waals surface area contributed by atoms with Crippen LogP contribution in [0.4, 0.5) is 0 Å². The van der Waals surface area contributed by atoms with Crippen molar-refractivity contribution in [1.82, 2.24) is 10.3 Å². The van der Waals surface area contributed by atoms with Crippen LogP contribution in [0, 0.1) is 0 Å². The highest BCUT2D eigenvalue weighted by molar-refractivity contribution is 7.13. The molecule has 2 aromatic heterocycles. The van der Waals surface area contributed by atoms with Gasteiger partial charge in [0, 0.05) is 11.9 Å². The summed E-state index contributed by atoms with van der Waals surface area (Å²) in [6.07, 6.45) is 4.89. The summed E-state index contributed by atoms with van der Waals surface area (Å²) in [5.74, 6) is 0.588. The largest absolute Gasteiger partial charge is 0.462 e. The lowest BCUT2D eigenvalue weighted by molar-refractivity contribution is 0.0949. The van der Waals surface area contributed by atoms with Crippen LogP contribution in [0.15, 0.2) is 28.2 Å². The second kappa shape index (κ2) is 6.35. The maximum absolute atomic E-state index is 11.8. The lowest BCUT2D eigenvalue weighted by Crippen LogP contribution is -2.24. The standard InChI is InChI=1S/C13H16N2O2S/c1-2-3-4-7-14-12(16)10-9-18-13(15-10)11-6-5-8-17-11/h5-6,8-9H,2-4,7H2,1H3,(H,14,16). The zero-order valence-electron chi connectivity index (χ0n) is 10.3. The van der Waals surface area contributed by atoms with Crippen molar-refractivity contribution in [1.29, 1.82) is 0 Å². The van der Waals surface area contributed by atoms with E-state index in [4.69, 9.17) is 4.42 Å². The van der Waals surface area contributed by atoms with E-state index in [-0.39, 0.29) is 5.91 Å². The van der Waals surface area contributed by atoms with Gasteiger partial charge < -0.3 is 9.73 Å². The Labute approximate surface area is 110 Å². The summed E-state index contributed by atoms with van der Waals surface area (Å²) in [5.41, 5.74) is 0.461. The van der Waals surface area contributed by atoms with Crippen LogP contribution in [0.25, 0.3) is 10.8 Å². The number of carbonyl (C=O) groups excluding carboxylic acids is 1. The Morgan fingerprint density at radius 2 is 2.39 bits per heavy atom. The maximum atomic E-state index is 11.8. The van der Waals surface area contributed by atoms with E-state index in [0.29, 0.717) is 18.0 Å². The van der Waals surface area contributed by atoms with Crippen LogP contribution in [0.5, 0.6) is 0 Å². The minimum Gasteiger partial charge on any atom is -0.462 e. The molecule has 0 saturated carbocycles. The molecular formula is C13H16N2O2S. The third kappa shape index (κ3) is 3.20. The topological polar surface area (TPSA) is 55.1 Å². The fourth-order valence-electron chi connectivity index (χ4n) is 1.56. The first-order chi connectivity index (χ1) is 8.81. The molecule has 0 aliphatic rings. The molecule has 18 heavy (non-hydrogen) atoms. The van der Waals surface area contributed by atoms with Gasteiger partial charge in [-0.3, -0.25) is 4.79 Å². The third-order valence-corrected chi connectivity index (χ3v) is 3.39. The number of hydrogen-bond donors (Lipinski definition) is 1. The molecule has 0 atom stereocenters. The second-order valence-corrected chi connectivity index (χ2v) is 4.84. The minimum atomic E-state index is -0.111. The summed E-state index contributed by atoms with van der Waals surface area (Å²) in [7, 11) is 0. The zero-order valence-corrected chi connectivity index (χ0v) is 11.1. The van der Waals surface area contributed by atoms with E-state index in [1.807, 2.05) is 6.07 Å². The van der Waals surface area contributed by atoms with E-state index in [1.165, 1.54) is 11.3 Å². The Kier molecular flexibility index (Phi) is 4.52. The SMILES string of the molecule is CCCCCNC(=O)c1csc(-c2ccco2)n1. The fraction of sp³-hybridized carbons (Fsp3) is 0.385. The molecule has 0 bridgehead atoms. The van der Waals surface area contributed by atoms with Crippen LogP contribution in [-0.2, 0) is 0 Å². The van der Waals surface area contributed by atoms with E-state index < -0.39 is 0 Å². The molecule has 2 rings (SSSR count). The molecule has 0 spiro atoms. The molecule has 5 heteroatoms. The molecule has 2 heterocycles. The van der Waals surface area contributed by atoms with Crippen molar-refractivity contribution in [2.24, 2.45) is 0 Å². The Balaban J connectivity index is 1.91. The van der Waals surface area contributed by atoms with Gasteiger partial charge in [-0.05, 0) is 18.6 Å². The van der Waals surface area contributed by atoms with E-state index in [2.05, 4.69) is 17.2 Å². The number of hydrogen-bond acceptors (Lipinski definition) is 4. The number of thiazole rings is 1. The normalized spacial score (nSPS) is 10.5. The van der Waals surface area contributed by atoms with Crippen molar-refractivity contribution in [2.75, 3.05) is 6.54 Å². The number of carbonyl (C=O) groups is 1. The molecule has 0 aliphatic heterocycles. The van der Waals surface area contributed by atoms with Gasteiger partial charge in [-0.1, -0.05) is 19.8 Å². The fourth-order valence-corrected chi connectivity index (χ4v) is 2.33. The summed E-state index contributed by atoms with van der Waals surface area (Å²) in [5, 5.41) is 5.36. The van der Waals surface area contributed by atoms with E-state index in [9.17, 15) is 4.79 Å². The lowest BCUT2D eigenvalue weighted by Gasteiger charge is -2.01. The van der Waals surface area contributed by atoms with Crippen molar-refractivity contribution >= 4 is 17.2 Å². The predicted octanol–water partition coefficient (Wildman–Crippen LogP) is 3.32. The second-order valence-electron chi connectivity index (χ2n) is 3.98. The van der Waals surface area contributed by atoms with Gasteiger partial charge in [0.1, 0.15) is 5.69 Å². The van der Waals surface area contributed by atoms with Gasteiger partial charge in [0.05, 0.1) is 6.26 Å². The molecule has 0 fully saturated rings. The van der Waals surface area contributed by atoms with Crippen LogP contribution in [-0.4, -0.2) is 17.4 Å². The molecule has 0 radical (unpaired) electrons. The maximum Gasteiger partial charge on any atom is 0.270 e. The van der Waals surface area contributed by atoms with Crippen LogP contribution in [0.2, 0.25) is 0 Å². The zero-order chi connectivity index (χ0) is 12.8. The smallest absolute Gasteiger partial charge is 0.270 e. The van der Waals surface area contributed by atoms with Crippen molar-refractivity contribution < 1.29 is 9.21 Å². The monoisotopic (exact) mass is 264 g/mol. The molecule has 0 unspecified atom stereocenters. The number of rotatable bonds is 6. The molecule has 1 amide bonds. The first kappa shape index (κ1) is 12.8. The Bertz CT molecular complexity index is 491. The average Bonchev–Trinajstić information content (AvgIpc) is 3.03. The molecular weight excluding hydrogens is 248 g/mol. The summed E-state index contributed by atoms with van der Waals surface area (Å²) < 4.78 is 5.24. The van der Waals surface area contributed by atoms with Crippen molar-refractivity contribution in [3.05, 3.63) is 29.5 Å².